The van der Waals surface area contributed by atoms with Crippen LogP contribution in [0, 0.1) is 0 Å². The van der Waals surface area contributed by atoms with Crippen LogP contribution in [0.4, 0.5) is 0 Å². The summed E-state index contributed by atoms with van der Waals surface area (Å²) in [6.45, 7) is 0. The first-order valence-corrected chi connectivity index (χ1v) is 5.66. The highest BCUT2D eigenvalue weighted by atomic mass is 79.9. The molecule has 0 aromatic heterocycles. The van der Waals surface area contributed by atoms with E-state index in [-0.39, 0.29) is 5.97 Å². The second-order valence-corrected chi connectivity index (χ2v) is 3.76. The molecule has 15 heavy (non-hydrogen) atoms. The number of methoxy groups -OCH3 is 2. The van der Waals surface area contributed by atoms with E-state index >= 15 is 0 Å². The monoisotopic (exact) mass is 272 g/mol. The number of carbonyl (C=O) groups is 1. The second-order valence-electron chi connectivity index (χ2n) is 2.97. The molecular formula is C11H13BrO3. The third-order valence-electron chi connectivity index (χ3n) is 2.05. The van der Waals surface area contributed by atoms with Crippen LogP contribution >= 0.6 is 15.9 Å². The lowest BCUT2D eigenvalue weighted by Gasteiger charge is -2.08. The van der Waals surface area contributed by atoms with Gasteiger partial charge in [0.15, 0.2) is 0 Å². The maximum Gasteiger partial charge on any atom is 0.341 e. The number of halogens is 1. The number of alkyl halides is 1. The summed E-state index contributed by atoms with van der Waals surface area (Å²) in [5.74, 6) is 0.170. The molecule has 0 aliphatic rings. The zero-order chi connectivity index (χ0) is 11.3. The molecule has 0 bridgehead atoms. The zero-order valence-electron chi connectivity index (χ0n) is 8.75. The van der Waals surface area contributed by atoms with Gasteiger partial charge in [-0.3, -0.25) is 0 Å². The van der Waals surface area contributed by atoms with E-state index in [1.54, 1.807) is 12.1 Å². The van der Waals surface area contributed by atoms with Crippen molar-refractivity contribution < 1.29 is 14.3 Å². The molecule has 0 fully saturated rings. The van der Waals surface area contributed by atoms with E-state index in [4.69, 9.17) is 4.74 Å². The van der Waals surface area contributed by atoms with Gasteiger partial charge in [0.2, 0.25) is 0 Å². The standard InChI is InChI=1S/C11H13BrO3/c1-14-10-4-3-8(5-6-12)7-9(10)11(13)15-2/h3-4,7H,5-6H2,1-2H3. The molecular weight excluding hydrogens is 260 g/mol. The van der Waals surface area contributed by atoms with Gasteiger partial charge in [-0.25, -0.2) is 4.79 Å². The average molecular weight is 273 g/mol. The lowest BCUT2D eigenvalue weighted by atomic mass is 10.1. The van der Waals surface area contributed by atoms with Gasteiger partial charge in [0.1, 0.15) is 11.3 Å². The smallest absolute Gasteiger partial charge is 0.341 e. The molecule has 0 saturated carbocycles. The predicted molar refractivity (Wildman–Crippen MR) is 61.8 cm³/mol. The van der Waals surface area contributed by atoms with Crippen LogP contribution in [0.3, 0.4) is 0 Å². The van der Waals surface area contributed by atoms with Crippen LogP contribution in [-0.4, -0.2) is 25.5 Å². The van der Waals surface area contributed by atoms with Gasteiger partial charge in [0, 0.05) is 5.33 Å². The molecule has 0 unspecified atom stereocenters. The number of ether oxygens (including phenoxy) is 2. The van der Waals surface area contributed by atoms with Crippen LogP contribution < -0.4 is 4.74 Å². The highest BCUT2D eigenvalue weighted by molar-refractivity contribution is 9.09. The van der Waals surface area contributed by atoms with Gasteiger partial charge in [-0.1, -0.05) is 22.0 Å². The Morgan fingerprint density at radius 2 is 2.13 bits per heavy atom. The first-order valence-electron chi connectivity index (χ1n) is 4.54. The number of esters is 1. The Morgan fingerprint density at radius 3 is 2.67 bits per heavy atom. The minimum absolute atomic E-state index is 0.372. The number of benzene rings is 1. The van der Waals surface area contributed by atoms with E-state index in [1.165, 1.54) is 14.2 Å². The van der Waals surface area contributed by atoms with Gasteiger partial charge >= 0.3 is 5.97 Å². The maximum atomic E-state index is 11.4. The maximum absolute atomic E-state index is 11.4. The van der Waals surface area contributed by atoms with E-state index < -0.39 is 0 Å². The minimum Gasteiger partial charge on any atom is -0.496 e. The van der Waals surface area contributed by atoms with Gasteiger partial charge in [-0.05, 0) is 24.1 Å². The Kier molecular flexibility index (Phi) is 4.62. The van der Waals surface area contributed by atoms with Crippen molar-refractivity contribution in [1.82, 2.24) is 0 Å². The summed E-state index contributed by atoms with van der Waals surface area (Å²) in [7, 11) is 2.89. The van der Waals surface area contributed by atoms with Crippen LogP contribution in [0.15, 0.2) is 18.2 Å². The molecule has 0 amide bonds. The van der Waals surface area contributed by atoms with Gasteiger partial charge < -0.3 is 9.47 Å². The molecule has 0 spiro atoms. The van der Waals surface area contributed by atoms with Crippen LogP contribution in [-0.2, 0) is 11.2 Å². The molecule has 0 radical (unpaired) electrons. The number of rotatable bonds is 4. The highest BCUT2D eigenvalue weighted by Gasteiger charge is 2.12. The van der Waals surface area contributed by atoms with Gasteiger partial charge in [-0.15, -0.1) is 0 Å². The summed E-state index contributed by atoms with van der Waals surface area (Å²) in [5, 5.41) is 0.861. The van der Waals surface area contributed by atoms with E-state index in [9.17, 15) is 4.79 Å². The molecule has 1 rings (SSSR count). The molecule has 4 heteroatoms. The molecule has 0 heterocycles. The molecule has 3 nitrogen and oxygen atoms in total. The first-order chi connectivity index (χ1) is 7.22. The third-order valence-corrected chi connectivity index (χ3v) is 2.45. The van der Waals surface area contributed by atoms with Crippen molar-refractivity contribution in [2.45, 2.75) is 6.42 Å². The summed E-state index contributed by atoms with van der Waals surface area (Å²) >= 11 is 3.35. The van der Waals surface area contributed by atoms with Crippen molar-refractivity contribution >= 4 is 21.9 Å². The van der Waals surface area contributed by atoms with Gasteiger partial charge in [0.25, 0.3) is 0 Å². The third kappa shape index (κ3) is 2.96. The zero-order valence-corrected chi connectivity index (χ0v) is 10.3. The summed E-state index contributed by atoms with van der Waals surface area (Å²) in [4.78, 5) is 11.4. The Morgan fingerprint density at radius 1 is 1.40 bits per heavy atom. The molecule has 0 N–H and O–H groups in total. The number of aryl methyl sites for hydroxylation is 1. The van der Waals surface area contributed by atoms with Crippen LogP contribution in [0.5, 0.6) is 5.75 Å². The fraction of sp³-hybridized carbons (Fsp3) is 0.364. The summed E-state index contributed by atoms with van der Waals surface area (Å²) < 4.78 is 9.77. The summed E-state index contributed by atoms with van der Waals surface area (Å²) in [5.41, 5.74) is 1.55. The topological polar surface area (TPSA) is 35.5 Å². The molecule has 0 atom stereocenters. The van der Waals surface area contributed by atoms with E-state index in [0.29, 0.717) is 11.3 Å². The lowest BCUT2D eigenvalue weighted by molar-refractivity contribution is 0.0597. The Bertz CT molecular complexity index is 350. The molecule has 0 saturated heterocycles. The van der Waals surface area contributed by atoms with Crippen molar-refractivity contribution in [3.05, 3.63) is 29.3 Å². The fourth-order valence-electron chi connectivity index (χ4n) is 1.29. The number of hydrogen-bond acceptors (Lipinski definition) is 3. The predicted octanol–water partition coefficient (Wildman–Crippen LogP) is 2.42. The second kappa shape index (κ2) is 5.75. The van der Waals surface area contributed by atoms with E-state index in [2.05, 4.69) is 20.7 Å². The van der Waals surface area contributed by atoms with Crippen molar-refractivity contribution in [2.24, 2.45) is 0 Å². The molecule has 0 aliphatic carbocycles. The largest absolute Gasteiger partial charge is 0.496 e. The molecule has 0 aliphatic heterocycles. The Balaban J connectivity index is 3.07. The fourth-order valence-corrected chi connectivity index (χ4v) is 1.75. The van der Waals surface area contributed by atoms with Crippen molar-refractivity contribution in [3.63, 3.8) is 0 Å². The normalized spacial score (nSPS) is 9.80. The SMILES string of the molecule is COC(=O)c1cc(CCBr)ccc1OC. The Labute approximate surface area is 97.5 Å². The molecule has 82 valence electrons. The van der Waals surface area contributed by atoms with Crippen LogP contribution in [0.1, 0.15) is 15.9 Å². The van der Waals surface area contributed by atoms with E-state index in [1.807, 2.05) is 6.07 Å². The molecule has 1 aromatic rings. The van der Waals surface area contributed by atoms with Crippen LogP contribution in [0.2, 0.25) is 0 Å². The highest BCUT2D eigenvalue weighted by Crippen LogP contribution is 2.21. The Hall–Kier alpha value is -1.03. The lowest BCUT2D eigenvalue weighted by Crippen LogP contribution is -2.05. The molecule has 1 aromatic carbocycles. The first kappa shape index (κ1) is 12.0. The van der Waals surface area contributed by atoms with Crippen molar-refractivity contribution in [1.29, 1.82) is 0 Å². The minimum atomic E-state index is -0.372. The summed E-state index contributed by atoms with van der Waals surface area (Å²) in [6.07, 6.45) is 0.869. The van der Waals surface area contributed by atoms with Crippen molar-refractivity contribution in [3.8, 4) is 5.75 Å². The van der Waals surface area contributed by atoms with Crippen LogP contribution in [0.25, 0.3) is 0 Å². The van der Waals surface area contributed by atoms with E-state index in [0.717, 1.165) is 17.3 Å². The summed E-state index contributed by atoms with van der Waals surface area (Å²) in [6, 6.07) is 5.52. The number of hydrogen-bond donors (Lipinski definition) is 0. The number of carbonyl (C=O) groups excluding carboxylic acids is 1. The quantitative estimate of drug-likeness (QED) is 0.624. The average Bonchev–Trinajstić information content (AvgIpc) is 2.28. The van der Waals surface area contributed by atoms with Crippen molar-refractivity contribution in [2.75, 3.05) is 19.5 Å². The van der Waals surface area contributed by atoms with Gasteiger partial charge in [0.05, 0.1) is 14.2 Å². The van der Waals surface area contributed by atoms with Gasteiger partial charge in [-0.2, -0.15) is 0 Å².